The van der Waals surface area contributed by atoms with E-state index in [1.54, 1.807) is 11.5 Å². The number of hydrogen-bond acceptors (Lipinski definition) is 10. The summed E-state index contributed by atoms with van der Waals surface area (Å²) in [5.41, 5.74) is 6.77. The van der Waals surface area contributed by atoms with Crippen LogP contribution < -0.4 is 11.6 Å². The number of nitrogens with zero attached hydrogens (tertiary/aromatic N) is 5. The maximum atomic E-state index is 10.6. The van der Waals surface area contributed by atoms with Crippen molar-refractivity contribution in [3.05, 3.63) is 12.2 Å². The second-order valence-electron chi connectivity index (χ2n) is 6.85. The summed E-state index contributed by atoms with van der Waals surface area (Å²) in [5, 5.41) is 21.0. The van der Waals surface area contributed by atoms with Crippen molar-refractivity contribution in [2.24, 2.45) is 5.90 Å². The summed E-state index contributed by atoms with van der Waals surface area (Å²) in [6.45, 7) is 3.55. The standard InChI is InChI=1S/C16H27N7O4/c1-9-21-11-14(17)19-8-20-15(11)23(9)16-13(25)12(24)10(27-16)7-22(2)5-3-4-6-26-18/h8,10,12-13,16,24-25H,3-7,18H2,1-2H3,(H2,17,19,20)/t10-,12-,13-,16-/m1/s1. The van der Waals surface area contributed by atoms with Gasteiger partial charge in [-0.05, 0) is 33.4 Å². The molecule has 0 aromatic carbocycles. The predicted octanol–water partition coefficient (Wildman–Crippen LogP) is -1.06. The van der Waals surface area contributed by atoms with E-state index in [2.05, 4.69) is 19.8 Å². The van der Waals surface area contributed by atoms with Gasteiger partial charge in [0, 0.05) is 6.54 Å². The normalized spacial score (nSPS) is 25.7. The molecule has 1 saturated heterocycles. The van der Waals surface area contributed by atoms with Crippen LogP contribution in [0.1, 0.15) is 24.9 Å². The Hall–Kier alpha value is -1.89. The highest BCUT2D eigenvalue weighted by Crippen LogP contribution is 2.33. The van der Waals surface area contributed by atoms with Crippen molar-refractivity contribution in [2.45, 2.75) is 44.3 Å². The Kier molecular flexibility index (Phi) is 6.19. The van der Waals surface area contributed by atoms with Gasteiger partial charge in [0.25, 0.3) is 0 Å². The fourth-order valence-corrected chi connectivity index (χ4v) is 3.40. The van der Waals surface area contributed by atoms with Crippen LogP contribution in [0, 0.1) is 6.92 Å². The van der Waals surface area contributed by atoms with E-state index in [0.29, 0.717) is 30.1 Å². The van der Waals surface area contributed by atoms with Crippen LogP contribution in [0.5, 0.6) is 0 Å². The number of aryl methyl sites for hydroxylation is 1. The number of hydrogen-bond donors (Lipinski definition) is 4. The van der Waals surface area contributed by atoms with Crippen molar-refractivity contribution in [2.75, 3.05) is 32.5 Å². The van der Waals surface area contributed by atoms with Gasteiger partial charge >= 0.3 is 0 Å². The average Bonchev–Trinajstić information content (AvgIpc) is 3.11. The van der Waals surface area contributed by atoms with E-state index in [4.69, 9.17) is 16.4 Å². The summed E-state index contributed by atoms with van der Waals surface area (Å²) in [6.07, 6.45) is -0.392. The van der Waals surface area contributed by atoms with Crippen LogP contribution in [0.15, 0.2) is 6.33 Å². The molecule has 4 atom stereocenters. The molecule has 27 heavy (non-hydrogen) atoms. The molecule has 150 valence electrons. The number of rotatable bonds is 8. The van der Waals surface area contributed by atoms with Gasteiger partial charge in [-0.3, -0.25) is 4.57 Å². The van der Waals surface area contributed by atoms with Crippen LogP contribution in [0.3, 0.4) is 0 Å². The zero-order chi connectivity index (χ0) is 19.6. The zero-order valence-electron chi connectivity index (χ0n) is 15.5. The Labute approximate surface area is 156 Å². The molecular weight excluding hydrogens is 354 g/mol. The molecule has 0 spiro atoms. The van der Waals surface area contributed by atoms with Crippen molar-refractivity contribution in [1.82, 2.24) is 24.4 Å². The highest BCUT2D eigenvalue weighted by atomic mass is 16.6. The molecule has 0 saturated carbocycles. The van der Waals surface area contributed by atoms with Gasteiger partial charge in [0.2, 0.25) is 0 Å². The average molecular weight is 381 g/mol. The summed E-state index contributed by atoms with van der Waals surface area (Å²) in [5.74, 6) is 5.85. The van der Waals surface area contributed by atoms with E-state index in [1.807, 2.05) is 11.9 Å². The second-order valence-corrected chi connectivity index (χ2v) is 6.85. The summed E-state index contributed by atoms with van der Waals surface area (Å²) in [7, 11) is 1.94. The maximum Gasteiger partial charge on any atom is 0.167 e. The molecule has 11 nitrogen and oxygen atoms in total. The van der Waals surface area contributed by atoms with Gasteiger partial charge in [-0.2, -0.15) is 0 Å². The Balaban J connectivity index is 1.72. The number of unbranched alkanes of at least 4 members (excludes halogenated alkanes) is 1. The molecule has 1 fully saturated rings. The van der Waals surface area contributed by atoms with Crippen LogP contribution in [0.25, 0.3) is 11.2 Å². The van der Waals surface area contributed by atoms with E-state index in [1.165, 1.54) is 6.33 Å². The maximum absolute atomic E-state index is 10.6. The van der Waals surface area contributed by atoms with Gasteiger partial charge in [-0.1, -0.05) is 0 Å². The molecule has 0 unspecified atom stereocenters. The number of imidazole rings is 1. The third kappa shape index (κ3) is 4.03. The molecular formula is C16H27N7O4. The number of aromatic nitrogens is 4. The largest absolute Gasteiger partial charge is 0.387 e. The molecule has 1 aliphatic heterocycles. The monoisotopic (exact) mass is 381 g/mol. The highest BCUT2D eigenvalue weighted by molar-refractivity contribution is 5.81. The third-order valence-corrected chi connectivity index (χ3v) is 4.82. The molecule has 11 heteroatoms. The topological polar surface area (TPSA) is 158 Å². The molecule has 3 rings (SSSR count). The van der Waals surface area contributed by atoms with Crippen molar-refractivity contribution < 1.29 is 19.8 Å². The number of nitrogen functional groups attached to an aromatic ring is 1. The van der Waals surface area contributed by atoms with Gasteiger partial charge in [-0.15, -0.1) is 0 Å². The predicted molar refractivity (Wildman–Crippen MR) is 97.3 cm³/mol. The number of aliphatic hydroxyl groups excluding tert-OH is 2. The van der Waals surface area contributed by atoms with Crippen molar-refractivity contribution in [1.29, 1.82) is 0 Å². The Morgan fingerprint density at radius 2 is 2.07 bits per heavy atom. The van der Waals surface area contributed by atoms with Gasteiger partial charge in [-0.25, -0.2) is 20.8 Å². The minimum absolute atomic E-state index is 0.257. The van der Waals surface area contributed by atoms with E-state index in [-0.39, 0.29) is 5.82 Å². The van der Waals surface area contributed by atoms with Gasteiger partial charge in [0.05, 0.1) is 6.61 Å². The van der Waals surface area contributed by atoms with E-state index >= 15 is 0 Å². The Morgan fingerprint density at radius 1 is 1.30 bits per heavy atom. The number of nitrogens with two attached hydrogens (primary N) is 2. The lowest BCUT2D eigenvalue weighted by Gasteiger charge is -2.22. The summed E-state index contributed by atoms with van der Waals surface area (Å²) in [6, 6.07) is 0. The lowest BCUT2D eigenvalue weighted by atomic mass is 10.1. The Morgan fingerprint density at radius 3 is 2.81 bits per heavy atom. The molecule has 2 aromatic heterocycles. The lowest BCUT2D eigenvalue weighted by molar-refractivity contribution is -0.0432. The van der Waals surface area contributed by atoms with E-state index in [0.717, 1.165) is 19.4 Å². The fraction of sp³-hybridized carbons (Fsp3) is 0.688. The molecule has 2 aromatic rings. The third-order valence-electron chi connectivity index (χ3n) is 4.82. The summed E-state index contributed by atoms with van der Waals surface area (Å²) in [4.78, 5) is 19.1. The van der Waals surface area contributed by atoms with Crippen molar-refractivity contribution in [3.63, 3.8) is 0 Å². The number of aliphatic hydroxyl groups is 2. The second kappa shape index (κ2) is 8.42. The summed E-state index contributed by atoms with van der Waals surface area (Å²) >= 11 is 0. The van der Waals surface area contributed by atoms with Crippen LogP contribution in [0.4, 0.5) is 5.82 Å². The van der Waals surface area contributed by atoms with Crippen LogP contribution in [-0.4, -0.2) is 79.7 Å². The SMILES string of the molecule is Cc1nc2c(N)ncnc2n1[C@@H]1O[C@H](CN(C)CCCCON)[C@@H](O)[C@H]1O. The Bertz CT molecular complexity index is 771. The quantitative estimate of drug-likeness (QED) is 0.328. The number of anilines is 1. The van der Waals surface area contributed by atoms with E-state index < -0.39 is 24.5 Å². The van der Waals surface area contributed by atoms with Gasteiger partial charge in [0.1, 0.15) is 30.5 Å². The molecule has 1 aliphatic rings. The minimum atomic E-state index is -1.11. The van der Waals surface area contributed by atoms with Crippen molar-refractivity contribution in [3.8, 4) is 0 Å². The smallest absolute Gasteiger partial charge is 0.167 e. The number of likely N-dealkylation sites (N-methyl/N-ethyl adjacent to an activating group) is 1. The van der Waals surface area contributed by atoms with Gasteiger partial charge in [0.15, 0.2) is 23.2 Å². The first kappa shape index (κ1) is 19.9. The van der Waals surface area contributed by atoms with Gasteiger partial charge < -0.3 is 30.4 Å². The van der Waals surface area contributed by atoms with E-state index in [9.17, 15) is 10.2 Å². The highest BCUT2D eigenvalue weighted by Gasteiger charge is 2.45. The van der Waals surface area contributed by atoms with Crippen LogP contribution in [-0.2, 0) is 9.57 Å². The van der Waals surface area contributed by atoms with Crippen LogP contribution >= 0.6 is 0 Å². The first-order chi connectivity index (χ1) is 12.9. The fourth-order valence-electron chi connectivity index (χ4n) is 3.40. The van der Waals surface area contributed by atoms with Crippen LogP contribution in [0.2, 0.25) is 0 Å². The molecule has 0 amide bonds. The lowest BCUT2D eigenvalue weighted by Crippen LogP contribution is -2.38. The zero-order valence-corrected chi connectivity index (χ0v) is 15.5. The number of ether oxygens (including phenoxy) is 1. The molecule has 0 aliphatic carbocycles. The molecule has 0 bridgehead atoms. The van der Waals surface area contributed by atoms with Crippen molar-refractivity contribution >= 4 is 17.0 Å². The minimum Gasteiger partial charge on any atom is -0.387 e. The molecule has 3 heterocycles. The molecule has 0 radical (unpaired) electrons. The summed E-state index contributed by atoms with van der Waals surface area (Å²) < 4.78 is 7.65. The first-order valence-corrected chi connectivity index (χ1v) is 8.91. The first-order valence-electron chi connectivity index (χ1n) is 8.91. The number of fused-ring (bicyclic) bond motifs is 1. The molecule has 6 N–H and O–H groups in total.